The largest absolute Gasteiger partial charge is 0.0683 e. The summed E-state index contributed by atoms with van der Waals surface area (Å²) in [7, 11) is 0. The molecule has 0 heteroatoms. The van der Waals surface area contributed by atoms with Gasteiger partial charge in [0.15, 0.2) is 0 Å². The van der Waals surface area contributed by atoms with E-state index in [9.17, 15) is 0 Å². The van der Waals surface area contributed by atoms with Crippen molar-refractivity contribution in [2.75, 3.05) is 0 Å². The Balaban J connectivity index is 0.000000130. The Morgan fingerprint density at radius 3 is 0.667 bits per heavy atom. The Morgan fingerprint density at radius 2 is 0.421 bits per heavy atom. The van der Waals surface area contributed by atoms with Gasteiger partial charge in [0.25, 0.3) is 0 Å². The number of hydrogen-bond donors (Lipinski definition) is 0. The van der Waals surface area contributed by atoms with Crippen LogP contribution in [-0.2, 0) is 0 Å². The molecule has 0 N–H and O–H groups in total. The third-order valence-corrected chi connectivity index (χ3v) is 19.6. The van der Waals surface area contributed by atoms with Crippen LogP contribution >= 0.6 is 0 Å². The summed E-state index contributed by atoms with van der Waals surface area (Å²) in [4.78, 5) is 0. The van der Waals surface area contributed by atoms with E-state index in [0.29, 0.717) is 0 Å². The maximum absolute atomic E-state index is 2.00. The van der Waals surface area contributed by atoms with Gasteiger partial charge < -0.3 is 0 Å². The zero-order chi connectivity index (χ0) is 40.9. The van der Waals surface area contributed by atoms with Gasteiger partial charge in [-0.05, 0) is 222 Å². The molecule has 8 unspecified atom stereocenters. The van der Waals surface area contributed by atoms with E-state index in [-0.39, 0.29) is 0 Å². The molecule has 16 aliphatic carbocycles. The van der Waals surface area contributed by atoms with Crippen molar-refractivity contribution in [2.45, 2.75) is 255 Å². The second kappa shape index (κ2) is 24.6. The molecule has 0 nitrogen and oxygen atoms in total. The molecule has 0 heterocycles. The highest BCUT2D eigenvalue weighted by molar-refractivity contribution is 5.08. The van der Waals surface area contributed by atoms with E-state index in [0.717, 1.165) is 11.8 Å². The third kappa shape index (κ3) is 11.7. The molecule has 0 amide bonds. The van der Waals surface area contributed by atoms with Crippen LogP contribution in [0.4, 0.5) is 0 Å². The van der Waals surface area contributed by atoms with Crippen LogP contribution < -0.4 is 0 Å². The lowest BCUT2D eigenvalue weighted by atomic mass is 9.56. The van der Waals surface area contributed by atoms with Gasteiger partial charge in [-0.15, -0.1) is 0 Å². The normalized spacial score (nSPS) is 46.8. The van der Waals surface area contributed by atoms with Gasteiger partial charge >= 0.3 is 0 Å². The predicted octanol–water partition coefficient (Wildman–Crippen LogP) is 18.7. The van der Waals surface area contributed by atoms with Gasteiger partial charge in [-0.2, -0.15) is 0 Å². The quantitative estimate of drug-likeness (QED) is 0.214. The Bertz CT molecular complexity index is 891. The molecule has 16 fully saturated rings. The Hall–Kier alpha value is 0. The molecule has 16 saturated carbocycles. The molecular weight excluding hydrogens is 685 g/mol. The lowest BCUT2D eigenvalue weighted by molar-refractivity contribution is 0.0198. The summed E-state index contributed by atoms with van der Waals surface area (Å²) in [5.74, 6) is 21.4. The van der Waals surface area contributed by atoms with E-state index in [1.165, 1.54) is 94.7 Å². The summed E-state index contributed by atoms with van der Waals surface area (Å²) in [5.41, 5.74) is 0. The van der Waals surface area contributed by atoms with E-state index in [1.54, 1.807) is 186 Å². The second-order valence-electron chi connectivity index (χ2n) is 21.9. The summed E-state index contributed by atoms with van der Waals surface area (Å²) in [6, 6.07) is 0. The molecule has 0 saturated heterocycles. The van der Waals surface area contributed by atoms with Crippen LogP contribution in [0.2, 0.25) is 0 Å². The number of hydrogen-bond acceptors (Lipinski definition) is 0. The van der Waals surface area contributed by atoms with Crippen molar-refractivity contribution in [1.82, 2.24) is 0 Å². The average Bonchev–Trinajstić information content (AvgIpc) is 4.15. The first-order valence-corrected chi connectivity index (χ1v) is 28.2. The van der Waals surface area contributed by atoms with Crippen LogP contribution in [0.1, 0.15) is 255 Å². The van der Waals surface area contributed by atoms with E-state index < -0.39 is 0 Å². The summed E-state index contributed by atoms with van der Waals surface area (Å²) in [6.45, 7) is 20.0. The van der Waals surface area contributed by atoms with Crippen molar-refractivity contribution in [3.05, 3.63) is 0 Å². The van der Waals surface area contributed by atoms with Gasteiger partial charge in [-0.25, -0.2) is 0 Å². The molecular formula is C57H106. The molecule has 57 heavy (non-hydrogen) atoms. The monoisotopic (exact) mass is 791 g/mol. The average molecular weight is 791 g/mol. The summed E-state index contributed by atoms with van der Waals surface area (Å²) in [6.07, 6.45) is 46.1. The Kier molecular flexibility index (Phi) is 20.7. The number of rotatable bonds is 0. The van der Waals surface area contributed by atoms with Crippen LogP contribution in [0.3, 0.4) is 0 Å². The zero-order valence-corrected chi connectivity index (χ0v) is 40.9. The molecule has 0 aromatic rings. The van der Waals surface area contributed by atoms with Crippen LogP contribution in [0, 0.1) is 107 Å². The van der Waals surface area contributed by atoms with E-state index in [4.69, 9.17) is 0 Å². The smallest absolute Gasteiger partial charge is 0.0323 e. The molecule has 0 aromatic heterocycles. The fourth-order valence-electron chi connectivity index (χ4n) is 18.0. The van der Waals surface area contributed by atoms with Crippen molar-refractivity contribution < 1.29 is 0 Å². The fraction of sp³-hybridized carbons (Fsp3) is 1.00. The highest BCUT2D eigenvalue weighted by atomic mass is 14.6. The van der Waals surface area contributed by atoms with Gasteiger partial charge in [0.2, 0.25) is 0 Å². The topological polar surface area (TPSA) is 0 Å². The van der Waals surface area contributed by atoms with Crippen LogP contribution in [0.5, 0.6) is 0 Å². The highest BCUT2D eigenvalue weighted by Crippen LogP contribution is 2.67. The minimum atomic E-state index is 1.15. The minimum absolute atomic E-state index is 1.15. The minimum Gasteiger partial charge on any atom is -0.0683 e. The van der Waals surface area contributed by atoms with E-state index >= 15 is 0 Å². The SMILES string of the molecule is C1C2CC3CC1CC(C2)C3.C1CC2C3CCC(C3)C2C1.C1CC2CC1C1C3CCC(C3)C21.C1CC2CCC1C2.C1CC2CCC1CC2.CC.CC.CC.CC.CC. The standard InChI is InChI=1S/C12H18.2C10H16.C8H14.C7H12.5C2H6/c1-2-8-5-7(1)11-9-3-4-10(6-9)12(8)11;1-7-2-9-4-8(1)5-10(3-7)6-9;1-2-9-7-4-5-8(6-7)10(9)3-1;1-2-8-5-3-7(1)4-6-8;1-2-7-4-3-6(1)5-7;5*1-2/h7-12H,1-6H2;2*7-10H,1-6H2;7-8H,1-6H2;6-7H,1-5H2;5*1-2H3. The van der Waals surface area contributed by atoms with Crippen molar-refractivity contribution in [1.29, 1.82) is 0 Å². The van der Waals surface area contributed by atoms with Crippen molar-refractivity contribution in [3.63, 3.8) is 0 Å². The fourth-order valence-corrected chi connectivity index (χ4v) is 18.0. The van der Waals surface area contributed by atoms with E-state index in [1.807, 2.05) is 69.2 Å². The predicted molar refractivity (Wildman–Crippen MR) is 253 cm³/mol. The van der Waals surface area contributed by atoms with E-state index in [2.05, 4.69) is 0 Å². The lowest BCUT2D eigenvalue weighted by Gasteiger charge is -2.49. The van der Waals surface area contributed by atoms with Gasteiger partial charge in [-0.1, -0.05) is 140 Å². The second-order valence-corrected chi connectivity index (χ2v) is 21.9. The maximum Gasteiger partial charge on any atom is -0.0323 e. The Labute approximate surface area is 360 Å². The molecule has 16 aliphatic rings. The van der Waals surface area contributed by atoms with Gasteiger partial charge in [0, 0.05) is 0 Å². The first kappa shape index (κ1) is 48.0. The molecule has 0 aromatic carbocycles. The van der Waals surface area contributed by atoms with Crippen LogP contribution in [-0.4, -0.2) is 0 Å². The van der Waals surface area contributed by atoms with Crippen molar-refractivity contribution in [2.24, 2.45) is 107 Å². The molecule has 14 bridgehead atoms. The van der Waals surface area contributed by atoms with Gasteiger partial charge in [0.1, 0.15) is 0 Å². The summed E-state index contributed by atoms with van der Waals surface area (Å²) in [5, 5.41) is 0. The summed E-state index contributed by atoms with van der Waals surface area (Å²) < 4.78 is 0. The lowest BCUT2D eigenvalue weighted by Crippen LogP contribution is -2.38. The van der Waals surface area contributed by atoms with Crippen molar-refractivity contribution >= 4 is 0 Å². The molecule has 0 radical (unpaired) electrons. The van der Waals surface area contributed by atoms with Crippen molar-refractivity contribution in [3.8, 4) is 0 Å². The van der Waals surface area contributed by atoms with Crippen LogP contribution in [0.25, 0.3) is 0 Å². The molecule has 8 atom stereocenters. The molecule has 16 rings (SSSR count). The third-order valence-electron chi connectivity index (χ3n) is 19.6. The summed E-state index contributed by atoms with van der Waals surface area (Å²) >= 11 is 0. The molecule has 0 spiro atoms. The molecule has 0 aliphatic heterocycles. The van der Waals surface area contributed by atoms with Gasteiger partial charge in [0.05, 0.1) is 0 Å². The number of fused-ring (bicyclic) bond motifs is 19. The zero-order valence-electron chi connectivity index (χ0n) is 40.9. The first-order chi connectivity index (χ1) is 28.2. The van der Waals surface area contributed by atoms with Gasteiger partial charge in [-0.3, -0.25) is 0 Å². The Morgan fingerprint density at radius 1 is 0.193 bits per heavy atom. The highest BCUT2D eigenvalue weighted by Gasteiger charge is 2.59. The first-order valence-electron chi connectivity index (χ1n) is 28.2. The van der Waals surface area contributed by atoms with Crippen LogP contribution in [0.15, 0.2) is 0 Å². The maximum atomic E-state index is 2.00. The molecule has 334 valence electrons.